The summed E-state index contributed by atoms with van der Waals surface area (Å²) in [6.45, 7) is 7.13. The summed E-state index contributed by atoms with van der Waals surface area (Å²) in [5, 5.41) is 9.53. The van der Waals surface area contributed by atoms with Gasteiger partial charge in [-0.25, -0.2) is 22.6 Å². The van der Waals surface area contributed by atoms with Crippen LogP contribution in [-0.4, -0.2) is 52.9 Å². The summed E-state index contributed by atoms with van der Waals surface area (Å²) in [7, 11) is -3.77. The molecular formula is C32H38FN5O6S. The molecule has 0 spiro atoms. The molecule has 13 heteroatoms. The van der Waals surface area contributed by atoms with E-state index in [9.17, 15) is 27.7 Å². The van der Waals surface area contributed by atoms with Gasteiger partial charge in [-0.05, 0) is 89.1 Å². The monoisotopic (exact) mass is 639 g/mol. The number of hydrogen-bond acceptors (Lipinski definition) is 8. The van der Waals surface area contributed by atoms with E-state index in [0.29, 0.717) is 43.9 Å². The molecule has 0 radical (unpaired) electrons. The van der Waals surface area contributed by atoms with Crippen LogP contribution < -0.4 is 15.0 Å². The molecule has 2 aromatic carbocycles. The number of benzene rings is 2. The number of anilines is 1. The van der Waals surface area contributed by atoms with Crippen LogP contribution in [0.15, 0.2) is 41.5 Å². The number of halogens is 1. The van der Waals surface area contributed by atoms with Gasteiger partial charge in [0, 0.05) is 19.6 Å². The van der Waals surface area contributed by atoms with Gasteiger partial charge in [-0.3, -0.25) is 14.1 Å². The molecule has 240 valence electrons. The van der Waals surface area contributed by atoms with Crippen LogP contribution in [0.5, 0.6) is 11.5 Å². The Hall–Kier alpha value is -4.18. The number of carbonyl (C=O) groups excluding carboxylic acids is 1. The number of aromatic nitrogens is 2. The zero-order valence-corrected chi connectivity index (χ0v) is 26.5. The predicted molar refractivity (Wildman–Crippen MR) is 167 cm³/mol. The van der Waals surface area contributed by atoms with E-state index in [1.54, 1.807) is 11.0 Å². The van der Waals surface area contributed by atoms with Gasteiger partial charge in [-0.1, -0.05) is 12.8 Å². The predicted octanol–water partition coefficient (Wildman–Crippen LogP) is 5.92. The van der Waals surface area contributed by atoms with Crippen LogP contribution in [0.25, 0.3) is 10.9 Å². The maximum atomic E-state index is 15.0. The van der Waals surface area contributed by atoms with Crippen molar-refractivity contribution in [1.82, 2.24) is 14.5 Å². The zero-order chi connectivity index (χ0) is 32.4. The molecule has 1 amide bonds. The minimum Gasteiger partial charge on any atom is -0.453 e. The Morgan fingerprint density at radius 1 is 1.13 bits per heavy atom. The van der Waals surface area contributed by atoms with Crippen LogP contribution in [0.4, 0.5) is 14.9 Å². The normalized spacial score (nSPS) is 16.5. The fourth-order valence-corrected chi connectivity index (χ4v) is 7.42. The van der Waals surface area contributed by atoms with E-state index < -0.39 is 32.4 Å². The number of amides is 1. The second-order valence-electron chi connectivity index (χ2n) is 12.7. The molecule has 1 N–H and O–H groups in total. The fraction of sp³-hybridized carbons (Fsp3) is 0.500. The molecule has 1 aliphatic heterocycles. The molecule has 0 atom stereocenters. The summed E-state index contributed by atoms with van der Waals surface area (Å²) in [4.78, 5) is 31.9. The van der Waals surface area contributed by atoms with Gasteiger partial charge in [0.15, 0.2) is 11.6 Å². The second kappa shape index (κ2) is 13.0. The summed E-state index contributed by atoms with van der Waals surface area (Å²) in [6, 6.07) is 8.62. The van der Waals surface area contributed by atoms with E-state index in [2.05, 4.69) is 9.71 Å². The summed E-state index contributed by atoms with van der Waals surface area (Å²) >= 11 is 0. The van der Waals surface area contributed by atoms with Crippen molar-refractivity contribution >= 4 is 32.7 Å². The van der Waals surface area contributed by atoms with Gasteiger partial charge in [-0.15, -0.1) is 0 Å². The zero-order valence-electron chi connectivity index (χ0n) is 25.7. The molecule has 1 saturated carbocycles. The van der Waals surface area contributed by atoms with E-state index in [-0.39, 0.29) is 34.0 Å². The minimum absolute atomic E-state index is 0.0671. The number of sulfonamides is 1. The second-order valence-corrected chi connectivity index (χ2v) is 14.6. The fourth-order valence-electron chi connectivity index (χ4n) is 5.82. The maximum absolute atomic E-state index is 15.0. The van der Waals surface area contributed by atoms with Gasteiger partial charge in [0.05, 0.1) is 28.2 Å². The van der Waals surface area contributed by atoms with Crippen molar-refractivity contribution in [3.05, 3.63) is 58.4 Å². The van der Waals surface area contributed by atoms with E-state index >= 15 is 0 Å². The van der Waals surface area contributed by atoms with Gasteiger partial charge in [0.1, 0.15) is 23.0 Å². The van der Waals surface area contributed by atoms with Crippen LogP contribution in [0, 0.1) is 23.1 Å². The van der Waals surface area contributed by atoms with Crippen LogP contribution in [0.2, 0.25) is 0 Å². The lowest BCUT2D eigenvalue weighted by molar-refractivity contribution is 0.0179. The molecular weight excluding hydrogens is 601 g/mol. The molecule has 2 fully saturated rings. The number of nitrogens with zero attached hydrogens (tertiary/aromatic N) is 4. The van der Waals surface area contributed by atoms with Crippen molar-refractivity contribution in [2.75, 3.05) is 17.8 Å². The van der Waals surface area contributed by atoms with Crippen molar-refractivity contribution in [3.63, 3.8) is 0 Å². The third kappa shape index (κ3) is 7.56. The summed E-state index contributed by atoms with van der Waals surface area (Å²) < 4.78 is 55.9. The van der Waals surface area contributed by atoms with Gasteiger partial charge in [0.25, 0.3) is 5.56 Å². The molecule has 3 aromatic rings. The summed E-state index contributed by atoms with van der Waals surface area (Å²) in [5.74, 6) is -0.867. The lowest BCUT2D eigenvalue weighted by atomic mass is 9.94. The lowest BCUT2D eigenvalue weighted by Crippen LogP contribution is -2.41. The molecule has 11 nitrogen and oxygen atoms in total. The molecule has 1 saturated heterocycles. The largest absolute Gasteiger partial charge is 0.453 e. The number of likely N-dealkylation sites (tertiary alicyclic amines) is 1. The highest BCUT2D eigenvalue weighted by atomic mass is 32.2. The van der Waals surface area contributed by atoms with Gasteiger partial charge in [-0.2, -0.15) is 5.26 Å². The maximum Gasteiger partial charge on any atom is 0.410 e. The van der Waals surface area contributed by atoms with E-state index in [1.807, 2.05) is 26.8 Å². The standard InChI is InChI=1S/C32H38FN5O6S/c1-32(2,3)44-31(40)37-15-12-21(13-16-37)14-17-38-20-35-27-10-8-22(18-24(27)30(38)39)43-29-25(19-34)28(11-9-26(29)33)36-45(41,42)23-6-4-5-7-23/h8-11,18,20-21,23,36H,4-7,12-17H2,1-3H3. The minimum atomic E-state index is -3.77. The molecule has 45 heavy (non-hydrogen) atoms. The lowest BCUT2D eigenvalue weighted by Gasteiger charge is -2.33. The van der Waals surface area contributed by atoms with E-state index in [4.69, 9.17) is 9.47 Å². The molecule has 2 heterocycles. The van der Waals surface area contributed by atoms with Crippen molar-refractivity contribution in [1.29, 1.82) is 5.26 Å². The summed E-state index contributed by atoms with van der Waals surface area (Å²) in [5.41, 5.74) is -0.779. The first-order valence-corrected chi connectivity index (χ1v) is 16.8. The first kappa shape index (κ1) is 32.2. The van der Waals surface area contributed by atoms with Gasteiger partial charge >= 0.3 is 6.09 Å². The number of fused-ring (bicyclic) bond motifs is 1. The summed E-state index contributed by atoms with van der Waals surface area (Å²) in [6.07, 6.45) is 6.18. The molecule has 0 unspecified atom stereocenters. The number of nitrogens with one attached hydrogen (secondary N) is 1. The van der Waals surface area contributed by atoms with Crippen LogP contribution in [0.1, 0.15) is 71.3 Å². The number of hydrogen-bond donors (Lipinski definition) is 1. The Morgan fingerprint density at radius 2 is 1.84 bits per heavy atom. The third-order valence-corrected chi connectivity index (χ3v) is 10.1. The van der Waals surface area contributed by atoms with Crippen molar-refractivity contribution in [3.8, 4) is 17.6 Å². The highest BCUT2D eigenvalue weighted by molar-refractivity contribution is 7.93. The first-order chi connectivity index (χ1) is 21.3. The van der Waals surface area contributed by atoms with Crippen LogP contribution >= 0.6 is 0 Å². The number of ether oxygens (including phenoxy) is 2. The highest BCUT2D eigenvalue weighted by Gasteiger charge is 2.30. The highest BCUT2D eigenvalue weighted by Crippen LogP contribution is 2.35. The average Bonchev–Trinajstić information content (AvgIpc) is 3.55. The quantitative estimate of drug-likeness (QED) is 0.320. The number of rotatable bonds is 8. The topological polar surface area (TPSA) is 144 Å². The molecule has 5 rings (SSSR count). The molecule has 0 bridgehead atoms. The molecule has 2 aliphatic rings. The average molecular weight is 640 g/mol. The van der Waals surface area contributed by atoms with E-state index in [1.165, 1.54) is 29.1 Å². The van der Waals surface area contributed by atoms with E-state index in [0.717, 1.165) is 38.2 Å². The Morgan fingerprint density at radius 3 is 2.51 bits per heavy atom. The van der Waals surface area contributed by atoms with Crippen molar-refractivity contribution in [2.45, 2.75) is 83.1 Å². The van der Waals surface area contributed by atoms with Gasteiger partial charge < -0.3 is 14.4 Å². The van der Waals surface area contributed by atoms with Crippen LogP contribution in [-0.2, 0) is 21.3 Å². The number of piperidine rings is 1. The SMILES string of the molecule is CC(C)(C)OC(=O)N1CCC(CCn2cnc3ccc(Oc4c(F)ccc(NS(=O)(=O)C5CCCC5)c4C#N)cc3c2=O)CC1. The Bertz CT molecular complexity index is 1780. The molecule has 1 aromatic heterocycles. The Balaban J connectivity index is 1.29. The Labute approximate surface area is 262 Å². The Kier molecular flexibility index (Phi) is 9.34. The van der Waals surface area contributed by atoms with Gasteiger partial charge in [0.2, 0.25) is 10.0 Å². The van der Waals surface area contributed by atoms with Crippen molar-refractivity contribution in [2.24, 2.45) is 5.92 Å². The van der Waals surface area contributed by atoms with Crippen LogP contribution in [0.3, 0.4) is 0 Å². The number of aryl methyl sites for hydroxylation is 1. The third-order valence-electron chi connectivity index (χ3n) is 8.27. The first-order valence-electron chi connectivity index (χ1n) is 15.2. The number of carbonyl (C=O) groups is 1. The molecule has 1 aliphatic carbocycles. The van der Waals surface area contributed by atoms with Crippen molar-refractivity contribution < 1.29 is 27.1 Å². The smallest absolute Gasteiger partial charge is 0.410 e. The number of nitriles is 1.